The van der Waals surface area contributed by atoms with Crippen molar-refractivity contribution >= 4 is 0 Å². The van der Waals surface area contributed by atoms with Gasteiger partial charge in [0.2, 0.25) is 5.88 Å². The van der Waals surface area contributed by atoms with Gasteiger partial charge in [-0.25, -0.2) is 4.98 Å². The molecule has 0 N–H and O–H groups in total. The lowest BCUT2D eigenvalue weighted by Crippen LogP contribution is -2.05. The highest BCUT2D eigenvalue weighted by Gasteiger charge is 2.11. The second kappa shape index (κ2) is 4.57. The van der Waals surface area contributed by atoms with E-state index >= 15 is 0 Å². The molecule has 0 unspecified atom stereocenters. The van der Waals surface area contributed by atoms with Crippen LogP contribution in [0, 0.1) is 6.92 Å². The summed E-state index contributed by atoms with van der Waals surface area (Å²) in [5, 5.41) is 4.33. The minimum Gasteiger partial charge on any atom is -0.481 e. The van der Waals surface area contributed by atoms with E-state index in [9.17, 15) is 0 Å². The largest absolute Gasteiger partial charge is 0.481 e. The van der Waals surface area contributed by atoms with Crippen molar-refractivity contribution in [1.82, 2.24) is 14.8 Å². The average molecular weight is 231 g/mol. The van der Waals surface area contributed by atoms with E-state index in [1.165, 1.54) is 0 Å². The third-order valence-electron chi connectivity index (χ3n) is 2.73. The maximum atomic E-state index is 5.11. The second-order valence-electron chi connectivity index (χ2n) is 4.30. The number of nitrogens with zero attached hydrogens (tertiary/aromatic N) is 3. The molecule has 2 aromatic heterocycles. The molecule has 0 aliphatic carbocycles. The Morgan fingerprint density at radius 2 is 2.12 bits per heavy atom. The molecule has 17 heavy (non-hydrogen) atoms. The van der Waals surface area contributed by atoms with Crippen molar-refractivity contribution in [2.75, 3.05) is 7.11 Å². The molecule has 0 atom stereocenters. The third kappa shape index (κ3) is 2.16. The number of pyridine rings is 1. The molecule has 2 heterocycles. The van der Waals surface area contributed by atoms with E-state index in [2.05, 4.69) is 30.9 Å². The van der Waals surface area contributed by atoms with Crippen LogP contribution in [0.15, 0.2) is 24.5 Å². The van der Waals surface area contributed by atoms with Gasteiger partial charge in [-0.1, -0.05) is 0 Å². The molecule has 2 rings (SSSR count). The van der Waals surface area contributed by atoms with Crippen LogP contribution in [0.5, 0.6) is 5.88 Å². The smallest absolute Gasteiger partial charge is 0.213 e. The predicted molar refractivity (Wildman–Crippen MR) is 67.1 cm³/mol. The number of aromatic nitrogens is 3. The molecule has 0 aromatic carbocycles. The van der Waals surface area contributed by atoms with Gasteiger partial charge in [-0.15, -0.1) is 0 Å². The number of rotatable bonds is 3. The number of methoxy groups -OCH3 is 1. The van der Waals surface area contributed by atoms with Crippen molar-refractivity contribution in [2.45, 2.75) is 26.8 Å². The van der Waals surface area contributed by atoms with Crippen LogP contribution in [0.3, 0.4) is 0 Å². The molecule has 4 nitrogen and oxygen atoms in total. The van der Waals surface area contributed by atoms with Crippen LogP contribution < -0.4 is 4.74 Å². The molecule has 0 spiro atoms. The van der Waals surface area contributed by atoms with Gasteiger partial charge in [-0.05, 0) is 32.4 Å². The summed E-state index contributed by atoms with van der Waals surface area (Å²) in [4.78, 5) is 4.25. The summed E-state index contributed by atoms with van der Waals surface area (Å²) in [7, 11) is 1.62. The topological polar surface area (TPSA) is 39.9 Å². The Labute approximate surface area is 101 Å². The highest BCUT2D eigenvalue weighted by molar-refractivity contribution is 5.63. The van der Waals surface area contributed by atoms with Crippen molar-refractivity contribution in [3.05, 3.63) is 30.1 Å². The Hall–Kier alpha value is -1.84. The average Bonchev–Trinajstić information content (AvgIpc) is 2.77. The number of hydrogen-bond donors (Lipinski definition) is 0. The summed E-state index contributed by atoms with van der Waals surface area (Å²) in [5.74, 6) is 0.641. The number of hydrogen-bond acceptors (Lipinski definition) is 3. The summed E-state index contributed by atoms with van der Waals surface area (Å²) in [5.41, 5.74) is 3.32. The zero-order valence-corrected chi connectivity index (χ0v) is 10.6. The lowest BCUT2D eigenvalue weighted by atomic mass is 10.1. The normalized spacial score (nSPS) is 10.9. The van der Waals surface area contributed by atoms with Crippen LogP contribution in [-0.2, 0) is 0 Å². The van der Waals surface area contributed by atoms with Gasteiger partial charge in [0.15, 0.2) is 0 Å². The van der Waals surface area contributed by atoms with Crippen molar-refractivity contribution < 1.29 is 4.74 Å². The summed E-state index contributed by atoms with van der Waals surface area (Å²) in [6.45, 7) is 6.28. The zero-order chi connectivity index (χ0) is 12.4. The highest BCUT2D eigenvalue weighted by Crippen LogP contribution is 2.26. The molecule has 90 valence electrons. The van der Waals surface area contributed by atoms with Gasteiger partial charge < -0.3 is 4.74 Å². The molecule has 4 heteroatoms. The Kier molecular flexibility index (Phi) is 3.13. The summed E-state index contributed by atoms with van der Waals surface area (Å²) < 4.78 is 7.11. The van der Waals surface area contributed by atoms with Gasteiger partial charge in [0.25, 0.3) is 0 Å². The van der Waals surface area contributed by atoms with E-state index in [-0.39, 0.29) is 0 Å². The van der Waals surface area contributed by atoms with E-state index in [0.717, 1.165) is 16.8 Å². The van der Waals surface area contributed by atoms with Crippen molar-refractivity contribution in [3.63, 3.8) is 0 Å². The fraction of sp³-hybridized carbons (Fsp3) is 0.385. The first-order chi connectivity index (χ1) is 8.13. The van der Waals surface area contributed by atoms with E-state index in [0.29, 0.717) is 11.9 Å². The minimum absolute atomic E-state index is 0.335. The van der Waals surface area contributed by atoms with Crippen molar-refractivity contribution in [3.8, 4) is 17.1 Å². The maximum absolute atomic E-state index is 5.11. The Morgan fingerprint density at radius 1 is 1.35 bits per heavy atom. The first-order valence-electron chi connectivity index (χ1n) is 5.68. The molecule has 2 aromatic rings. The highest BCUT2D eigenvalue weighted by atomic mass is 16.5. The summed E-state index contributed by atoms with van der Waals surface area (Å²) in [6, 6.07) is 4.28. The van der Waals surface area contributed by atoms with Crippen LogP contribution in [0.1, 0.15) is 25.5 Å². The molecule has 0 radical (unpaired) electrons. The van der Waals surface area contributed by atoms with E-state index in [4.69, 9.17) is 4.74 Å². The number of aryl methyl sites for hydroxylation is 1. The molecular weight excluding hydrogens is 214 g/mol. The van der Waals surface area contributed by atoms with Gasteiger partial charge in [0, 0.05) is 30.1 Å². The Morgan fingerprint density at radius 3 is 2.71 bits per heavy atom. The fourth-order valence-electron chi connectivity index (χ4n) is 1.85. The molecule has 0 aliphatic heterocycles. The predicted octanol–water partition coefficient (Wildman–Crippen LogP) is 2.84. The van der Waals surface area contributed by atoms with Crippen molar-refractivity contribution in [1.29, 1.82) is 0 Å². The molecule has 0 fully saturated rings. The Balaban J connectivity index is 2.49. The summed E-state index contributed by atoms with van der Waals surface area (Å²) in [6.07, 6.45) is 3.66. The zero-order valence-electron chi connectivity index (χ0n) is 10.6. The van der Waals surface area contributed by atoms with Crippen LogP contribution >= 0.6 is 0 Å². The molecule has 0 bridgehead atoms. The second-order valence-corrected chi connectivity index (χ2v) is 4.30. The number of ether oxygens (including phenoxy) is 1. The third-order valence-corrected chi connectivity index (χ3v) is 2.73. The van der Waals surface area contributed by atoms with Gasteiger partial charge in [-0.3, -0.25) is 4.68 Å². The first kappa shape index (κ1) is 11.6. The molecule has 0 aliphatic rings. The molecule has 0 saturated heterocycles. The van der Waals surface area contributed by atoms with E-state index in [1.807, 2.05) is 29.2 Å². The van der Waals surface area contributed by atoms with Crippen LogP contribution in [0.25, 0.3) is 11.3 Å². The lowest BCUT2D eigenvalue weighted by molar-refractivity contribution is 0.397. The van der Waals surface area contributed by atoms with Crippen LogP contribution in [0.2, 0.25) is 0 Å². The van der Waals surface area contributed by atoms with E-state index < -0.39 is 0 Å². The van der Waals surface area contributed by atoms with Crippen molar-refractivity contribution in [2.24, 2.45) is 0 Å². The Bertz CT molecular complexity index is 517. The fourth-order valence-corrected chi connectivity index (χ4v) is 1.85. The van der Waals surface area contributed by atoms with Crippen LogP contribution in [0.4, 0.5) is 0 Å². The SMILES string of the molecule is COc1cc(C)c(-c2ccnn2C(C)C)cn1. The molecule has 0 saturated carbocycles. The monoisotopic (exact) mass is 231 g/mol. The first-order valence-corrected chi connectivity index (χ1v) is 5.68. The molecular formula is C13H17N3O. The van der Waals surface area contributed by atoms with Gasteiger partial charge >= 0.3 is 0 Å². The van der Waals surface area contributed by atoms with Gasteiger partial charge in [0.1, 0.15) is 0 Å². The van der Waals surface area contributed by atoms with Gasteiger partial charge in [-0.2, -0.15) is 5.10 Å². The minimum atomic E-state index is 0.335. The quantitative estimate of drug-likeness (QED) is 0.815. The van der Waals surface area contributed by atoms with Crippen LogP contribution in [-0.4, -0.2) is 21.9 Å². The summed E-state index contributed by atoms with van der Waals surface area (Å²) >= 11 is 0. The lowest BCUT2D eigenvalue weighted by Gasteiger charge is -2.13. The standard InChI is InChI=1S/C13H17N3O/c1-9(2)16-12(5-6-15-16)11-8-14-13(17-4)7-10(11)3/h5-9H,1-4H3. The van der Waals surface area contributed by atoms with E-state index in [1.54, 1.807) is 7.11 Å². The maximum Gasteiger partial charge on any atom is 0.213 e. The molecule has 0 amide bonds. The van der Waals surface area contributed by atoms with Gasteiger partial charge in [0.05, 0.1) is 12.8 Å².